The Kier molecular flexibility index (Phi) is 18.7. The molecule has 72 heavy (non-hydrogen) atoms. The molecular formula is C53H68N10O9. The molecule has 6 rings (SSSR count). The topological polar surface area (TPSA) is 237 Å². The lowest BCUT2D eigenvalue weighted by Gasteiger charge is -2.43. The minimum absolute atomic E-state index is 0.0385. The Hall–Kier alpha value is -7.51. The first-order valence-corrected chi connectivity index (χ1v) is 24.4. The van der Waals surface area contributed by atoms with E-state index in [4.69, 9.17) is 15.2 Å². The lowest BCUT2D eigenvalue weighted by Crippen LogP contribution is -2.53. The zero-order valence-corrected chi connectivity index (χ0v) is 42.1. The highest BCUT2D eigenvalue weighted by Gasteiger charge is 2.39. The number of rotatable bonds is 18. The van der Waals surface area contributed by atoms with Crippen molar-refractivity contribution in [3.8, 4) is 5.75 Å². The van der Waals surface area contributed by atoms with E-state index in [0.29, 0.717) is 72.3 Å². The van der Waals surface area contributed by atoms with Crippen molar-refractivity contribution >= 4 is 70.1 Å². The van der Waals surface area contributed by atoms with Crippen LogP contribution in [-0.2, 0) is 35.3 Å². The fraction of sp³-hybridized carbons (Fsp3) is 0.415. The smallest absolute Gasteiger partial charge is 0.415 e. The van der Waals surface area contributed by atoms with Crippen LogP contribution in [-0.4, -0.2) is 115 Å². The van der Waals surface area contributed by atoms with Gasteiger partial charge in [-0.05, 0) is 111 Å². The lowest BCUT2D eigenvalue weighted by molar-refractivity contribution is -0.131. The second-order valence-corrected chi connectivity index (χ2v) is 18.5. The van der Waals surface area contributed by atoms with Gasteiger partial charge in [0.15, 0.2) is 0 Å². The molecule has 0 bridgehead atoms. The fourth-order valence-corrected chi connectivity index (χ4v) is 8.59. The third-order valence-corrected chi connectivity index (χ3v) is 12.8. The number of fused-ring (bicyclic) bond motifs is 1. The number of carbonyl (C=O) groups is 7. The molecule has 1 saturated heterocycles. The monoisotopic (exact) mass is 989 g/mol. The zero-order valence-electron chi connectivity index (χ0n) is 42.1. The van der Waals surface area contributed by atoms with Gasteiger partial charge in [-0.2, -0.15) is 0 Å². The highest BCUT2D eigenvalue weighted by molar-refractivity contribution is 5.99. The van der Waals surface area contributed by atoms with E-state index in [1.807, 2.05) is 56.9 Å². The number of para-hydroxylation sites is 1. The van der Waals surface area contributed by atoms with E-state index < -0.39 is 48.0 Å². The molecule has 0 spiro atoms. The molecule has 2 aliphatic heterocycles. The number of nitrogens with zero attached hydrogens (tertiary/aromatic N) is 4. The Morgan fingerprint density at radius 1 is 0.778 bits per heavy atom. The molecule has 19 heteroatoms. The van der Waals surface area contributed by atoms with Gasteiger partial charge in [-0.1, -0.05) is 51.1 Å². The van der Waals surface area contributed by atoms with E-state index in [1.54, 1.807) is 96.4 Å². The summed E-state index contributed by atoms with van der Waals surface area (Å²) in [6, 6.07) is 25.1. The highest BCUT2D eigenvalue weighted by Crippen LogP contribution is 2.43. The van der Waals surface area contributed by atoms with Crippen LogP contribution in [0.5, 0.6) is 5.75 Å². The Bertz CT molecular complexity index is 2540. The van der Waals surface area contributed by atoms with Gasteiger partial charge in [-0.25, -0.2) is 9.59 Å². The molecule has 7 N–H and O–H groups in total. The van der Waals surface area contributed by atoms with E-state index >= 15 is 0 Å². The van der Waals surface area contributed by atoms with Gasteiger partial charge in [0, 0.05) is 80.0 Å². The van der Waals surface area contributed by atoms with Crippen LogP contribution in [0.1, 0.15) is 78.5 Å². The summed E-state index contributed by atoms with van der Waals surface area (Å²) in [6.45, 7) is 15.6. The third-order valence-electron chi connectivity index (χ3n) is 12.8. The summed E-state index contributed by atoms with van der Waals surface area (Å²) in [6.07, 6.45) is 0.0584. The standard InChI is InChI=1S/C53H68N10O9/c1-8-48(66)62-34(4)29-46(44-11-9-10-12-45(44)62)63(53(70)72-32-38-13-15-40(16-14-38)58-50(67)36(6)56-51(68)49(54)33(2)3)42-21-17-39(18-22-42)57-47(65)30-55-52(69)59-41-19-23-43(24-20-41)71-28-27-60-25-26-61(37(7)64)31-35(60)5/h9-24,33-36,46,49H,8,25-32,54H2,1-7H3,(H,56,68)(H,57,65)(H,58,67)(H2,55,59,69)/t34-,35-,36-,46+,49-/m0/s1. The summed E-state index contributed by atoms with van der Waals surface area (Å²) in [7, 11) is 0. The predicted octanol–water partition coefficient (Wildman–Crippen LogP) is 6.22. The summed E-state index contributed by atoms with van der Waals surface area (Å²) in [5.41, 5.74) is 9.91. The van der Waals surface area contributed by atoms with Crippen LogP contribution in [0.4, 0.5) is 38.0 Å². The summed E-state index contributed by atoms with van der Waals surface area (Å²) in [5.74, 6) is -0.726. The molecular weight excluding hydrogens is 921 g/mol. The van der Waals surface area contributed by atoms with E-state index in [-0.39, 0.29) is 43.0 Å². The normalized spacial score (nSPS) is 17.4. The third kappa shape index (κ3) is 14.3. The van der Waals surface area contributed by atoms with Crippen molar-refractivity contribution in [2.45, 2.75) is 98.1 Å². The molecule has 2 aliphatic rings. The second kappa shape index (κ2) is 25.0. The number of carbonyl (C=O) groups excluding carboxylic acids is 7. The Morgan fingerprint density at radius 2 is 1.42 bits per heavy atom. The maximum Gasteiger partial charge on any atom is 0.415 e. The second-order valence-electron chi connectivity index (χ2n) is 18.5. The van der Waals surface area contributed by atoms with Crippen molar-refractivity contribution < 1.29 is 43.0 Å². The van der Waals surface area contributed by atoms with E-state index in [2.05, 4.69) is 38.4 Å². The van der Waals surface area contributed by atoms with E-state index in [0.717, 1.165) is 18.7 Å². The number of benzene rings is 4. The van der Waals surface area contributed by atoms with Crippen molar-refractivity contribution in [1.82, 2.24) is 20.4 Å². The minimum atomic E-state index is -0.832. The molecule has 19 nitrogen and oxygen atoms in total. The number of amides is 8. The van der Waals surface area contributed by atoms with Gasteiger partial charge in [0.2, 0.25) is 29.5 Å². The number of ether oxygens (including phenoxy) is 2. The van der Waals surface area contributed by atoms with Gasteiger partial charge in [0.05, 0.1) is 18.6 Å². The summed E-state index contributed by atoms with van der Waals surface area (Å²) >= 11 is 0. The molecule has 0 saturated carbocycles. The molecule has 0 aliphatic carbocycles. The highest BCUT2D eigenvalue weighted by atomic mass is 16.6. The van der Waals surface area contributed by atoms with E-state index in [1.165, 1.54) is 0 Å². The molecule has 0 radical (unpaired) electrons. The molecule has 0 aromatic heterocycles. The van der Waals surface area contributed by atoms with Gasteiger partial charge in [-0.15, -0.1) is 0 Å². The number of piperazine rings is 1. The van der Waals surface area contributed by atoms with Crippen LogP contribution in [0.2, 0.25) is 0 Å². The molecule has 4 aromatic carbocycles. The number of anilines is 5. The Labute approximate surface area is 421 Å². The van der Waals surface area contributed by atoms with Crippen molar-refractivity contribution in [1.29, 1.82) is 0 Å². The average Bonchev–Trinajstić information content (AvgIpc) is 3.36. The van der Waals surface area contributed by atoms with Gasteiger partial charge in [-0.3, -0.25) is 33.8 Å². The van der Waals surface area contributed by atoms with Crippen molar-refractivity contribution in [3.05, 3.63) is 108 Å². The lowest BCUT2D eigenvalue weighted by atomic mass is 9.90. The van der Waals surface area contributed by atoms with E-state index in [9.17, 15) is 33.6 Å². The molecule has 5 atom stereocenters. The van der Waals surface area contributed by atoms with Crippen LogP contribution < -0.4 is 46.9 Å². The van der Waals surface area contributed by atoms with Gasteiger partial charge < -0.3 is 51.6 Å². The van der Waals surface area contributed by atoms with Crippen molar-refractivity contribution in [2.75, 3.05) is 65.1 Å². The maximum atomic E-state index is 14.3. The summed E-state index contributed by atoms with van der Waals surface area (Å²) < 4.78 is 11.9. The SMILES string of the molecule is CCC(=O)N1c2ccccc2[C@H](N(C(=O)OCc2ccc(NC(=O)[C@H](C)NC(=O)[C@@H](N)C(C)C)cc2)c2ccc(NC(=O)CNC(=O)Nc3ccc(OCCN4CCN(C(C)=O)C[C@@H]4C)cc3)cc2)C[C@@H]1C. The molecule has 8 amide bonds. The summed E-state index contributed by atoms with van der Waals surface area (Å²) in [4.78, 5) is 97.7. The molecule has 2 heterocycles. The van der Waals surface area contributed by atoms with Crippen molar-refractivity contribution in [3.63, 3.8) is 0 Å². The maximum absolute atomic E-state index is 14.3. The van der Waals surface area contributed by atoms with Gasteiger partial charge >= 0.3 is 12.1 Å². The zero-order chi connectivity index (χ0) is 52.1. The number of hydrogen-bond acceptors (Lipinski definition) is 11. The quantitative estimate of drug-likeness (QED) is 0.0654. The molecule has 0 unspecified atom stereocenters. The largest absolute Gasteiger partial charge is 0.492 e. The minimum Gasteiger partial charge on any atom is -0.492 e. The number of hydrogen-bond donors (Lipinski definition) is 6. The number of nitrogens with one attached hydrogen (secondary N) is 5. The molecule has 4 aromatic rings. The first-order chi connectivity index (χ1) is 34.4. The molecule has 1 fully saturated rings. The first-order valence-electron chi connectivity index (χ1n) is 24.4. The fourth-order valence-electron chi connectivity index (χ4n) is 8.59. The summed E-state index contributed by atoms with van der Waals surface area (Å²) in [5, 5.41) is 13.5. The first kappa shape index (κ1) is 53.8. The Balaban J connectivity index is 1.05. The van der Waals surface area contributed by atoms with Crippen LogP contribution in [0, 0.1) is 5.92 Å². The van der Waals surface area contributed by atoms with Gasteiger partial charge in [0.1, 0.15) is 25.0 Å². The predicted molar refractivity (Wildman–Crippen MR) is 277 cm³/mol. The van der Waals surface area contributed by atoms with Crippen LogP contribution >= 0.6 is 0 Å². The number of nitrogens with two attached hydrogens (primary N) is 1. The molecule has 384 valence electrons. The van der Waals surface area contributed by atoms with Crippen molar-refractivity contribution in [2.24, 2.45) is 11.7 Å². The Morgan fingerprint density at radius 3 is 2.07 bits per heavy atom. The average molecular weight is 989 g/mol. The van der Waals surface area contributed by atoms with Crippen LogP contribution in [0.25, 0.3) is 0 Å². The van der Waals surface area contributed by atoms with Gasteiger partial charge in [0.25, 0.3) is 0 Å². The van der Waals surface area contributed by atoms with Crippen LogP contribution in [0.3, 0.4) is 0 Å². The van der Waals surface area contributed by atoms with Crippen LogP contribution in [0.15, 0.2) is 97.1 Å². The number of urea groups is 1.